The Bertz CT molecular complexity index is 656. The molecule has 0 spiro atoms. The molecule has 116 valence electrons. The average molecular weight is 309 g/mol. The standard InChI is InChI=1S/C13H11NO8/c15-12(22-9-1-2-21-13(9)16)7-5-10-11(20-4-3-19-10)6-8(7)14(17)18/h5-6,9H,1-4H2/t9-/m0/s1. The molecule has 0 N–H and O–H groups in total. The first-order valence-electron chi connectivity index (χ1n) is 6.52. The molecule has 0 unspecified atom stereocenters. The Morgan fingerprint density at radius 3 is 2.45 bits per heavy atom. The maximum atomic E-state index is 12.1. The fraction of sp³-hybridized carbons (Fsp3) is 0.385. The normalized spacial score (nSPS) is 19.5. The highest BCUT2D eigenvalue weighted by atomic mass is 16.6. The Labute approximate surface area is 123 Å². The van der Waals surface area contributed by atoms with Gasteiger partial charge in [0, 0.05) is 12.5 Å². The third-order valence-corrected chi connectivity index (χ3v) is 3.21. The van der Waals surface area contributed by atoms with Gasteiger partial charge in [0.25, 0.3) is 5.69 Å². The number of benzene rings is 1. The Morgan fingerprint density at radius 2 is 1.86 bits per heavy atom. The van der Waals surface area contributed by atoms with E-state index in [1.54, 1.807) is 0 Å². The second-order valence-corrected chi connectivity index (χ2v) is 4.62. The van der Waals surface area contributed by atoms with Gasteiger partial charge in [0.15, 0.2) is 11.5 Å². The highest BCUT2D eigenvalue weighted by molar-refractivity contribution is 5.96. The van der Waals surface area contributed by atoms with Gasteiger partial charge in [-0.25, -0.2) is 9.59 Å². The van der Waals surface area contributed by atoms with Crippen LogP contribution in [0.5, 0.6) is 11.5 Å². The van der Waals surface area contributed by atoms with Crippen molar-refractivity contribution < 1.29 is 33.5 Å². The van der Waals surface area contributed by atoms with Crippen molar-refractivity contribution in [3.8, 4) is 11.5 Å². The molecule has 22 heavy (non-hydrogen) atoms. The summed E-state index contributed by atoms with van der Waals surface area (Å²) < 4.78 is 20.2. The molecule has 0 aliphatic carbocycles. The van der Waals surface area contributed by atoms with Crippen LogP contribution < -0.4 is 9.47 Å². The van der Waals surface area contributed by atoms with Crippen LogP contribution in [0.15, 0.2) is 12.1 Å². The SMILES string of the molecule is O=C(O[C@H]1CCOC1=O)c1cc2c(cc1[N+](=O)[O-])OCCO2. The number of carbonyl (C=O) groups is 2. The zero-order chi connectivity index (χ0) is 15.7. The summed E-state index contributed by atoms with van der Waals surface area (Å²) in [5, 5.41) is 11.1. The zero-order valence-electron chi connectivity index (χ0n) is 11.3. The highest BCUT2D eigenvalue weighted by Gasteiger charge is 2.34. The number of hydrogen-bond donors (Lipinski definition) is 0. The second kappa shape index (κ2) is 5.51. The van der Waals surface area contributed by atoms with Crippen molar-refractivity contribution in [2.45, 2.75) is 12.5 Å². The van der Waals surface area contributed by atoms with Crippen molar-refractivity contribution in [1.29, 1.82) is 0 Å². The summed E-state index contributed by atoms with van der Waals surface area (Å²) in [6, 6.07) is 2.30. The second-order valence-electron chi connectivity index (χ2n) is 4.62. The van der Waals surface area contributed by atoms with Crippen molar-refractivity contribution in [2.24, 2.45) is 0 Å². The highest BCUT2D eigenvalue weighted by Crippen LogP contribution is 2.37. The van der Waals surface area contributed by atoms with Gasteiger partial charge in [-0.2, -0.15) is 0 Å². The fourth-order valence-electron chi connectivity index (χ4n) is 2.17. The number of nitrogens with zero attached hydrogens (tertiary/aromatic N) is 1. The molecular formula is C13H11NO8. The first kappa shape index (κ1) is 14.1. The van der Waals surface area contributed by atoms with Crippen LogP contribution in [0.25, 0.3) is 0 Å². The van der Waals surface area contributed by atoms with E-state index < -0.39 is 28.7 Å². The number of esters is 2. The van der Waals surface area contributed by atoms with Crippen molar-refractivity contribution in [3.05, 3.63) is 27.8 Å². The smallest absolute Gasteiger partial charge is 0.347 e. The lowest BCUT2D eigenvalue weighted by Crippen LogP contribution is -2.23. The fourth-order valence-corrected chi connectivity index (χ4v) is 2.17. The molecule has 1 atom stereocenters. The molecule has 1 saturated heterocycles. The number of fused-ring (bicyclic) bond motifs is 1. The first-order valence-corrected chi connectivity index (χ1v) is 6.52. The van der Waals surface area contributed by atoms with Gasteiger partial charge >= 0.3 is 11.9 Å². The number of cyclic esters (lactones) is 1. The summed E-state index contributed by atoms with van der Waals surface area (Å²) in [4.78, 5) is 33.8. The molecule has 9 nitrogen and oxygen atoms in total. The van der Waals surface area contributed by atoms with Crippen molar-refractivity contribution in [3.63, 3.8) is 0 Å². The van der Waals surface area contributed by atoms with Crippen LogP contribution in [0.3, 0.4) is 0 Å². The maximum absolute atomic E-state index is 12.1. The molecule has 0 radical (unpaired) electrons. The van der Waals surface area contributed by atoms with Crippen LogP contribution >= 0.6 is 0 Å². The molecule has 0 amide bonds. The largest absolute Gasteiger partial charge is 0.486 e. The number of nitro benzene ring substituents is 1. The summed E-state index contributed by atoms with van der Waals surface area (Å²) in [7, 11) is 0. The minimum absolute atomic E-state index is 0.153. The Morgan fingerprint density at radius 1 is 1.18 bits per heavy atom. The van der Waals surface area contributed by atoms with E-state index in [9.17, 15) is 19.7 Å². The van der Waals surface area contributed by atoms with E-state index in [2.05, 4.69) is 4.74 Å². The van der Waals surface area contributed by atoms with Gasteiger partial charge in [0.1, 0.15) is 18.8 Å². The molecule has 2 aliphatic rings. The van der Waals surface area contributed by atoms with E-state index in [1.165, 1.54) is 6.07 Å². The van der Waals surface area contributed by atoms with Crippen LogP contribution in [0.1, 0.15) is 16.8 Å². The van der Waals surface area contributed by atoms with Gasteiger partial charge < -0.3 is 18.9 Å². The molecule has 2 aliphatic heterocycles. The molecule has 0 saturated carbocycles. The van der Waals surface area contributed by atoms with Crippen molar-refractivity contribution >= 4 is 17.6 Å². The van der Waals surface area contributed by atoms with Crippen LogP contribution in [0.4, 0.5) is 5.69 Å². The van der Waals surface area contributed by atoms with Crippen molar-refractivity contribution in [2.75, 3.05) is 19.8 Å². The zero-order valence-corrected chi connectivity index (χ0v) is 11.3. The monoisotopic (exact) mass is 309 g/mol. The topological polar surface area (TPSA) is 114 Å². The molecule has 0 bridgehead atoms. The number of carbonyl (C=O) groups excluding carboxylic acids is 2. The van der Waals surface area contributed by atoms with E-state index >= 15 is 0 Å². The van der Waals surface area contributed by atoms with Crippen LogP contribution in [0, 0.1) is 10.1 Å². The minimum atomic E-state index is -1.04. The molecule has 9 heteroatoms. The molecule has 1 fully saturated rings. The number of ether oxygens (including phenoxy) is 4. The number of rotatable bonds is 3. The lowest BCUT2D eigenvalue weighted by molar-refractivity contribution is -0.385. The van der Waals surface area contributed by atoms with E-state index in [0.717, 1.165) is 6.07 Å². The van der Waals surface area contributed by atoms with Gasteiger partial charge in [-0.3, -0.25) is 10.1 Å². The van der Waals surface area contributed by atoms with Crippen LogP contribution in [-0.2, 0) is 14.3 Å². The third-order valence-electron chi connectivity index (χ3n) is 3.21. The Kier molecular flexibility index (Phi) is 3.53. The lowest BCUT2D eigenvalue weighted by atomic mass is 10.1. The summed E-state index contributed by atoms with van der Waals surface area (Å²) in [6.07, 6.45) is -0.816. The molecule has 2 heterocycles. The molecular weight excluding hydrogens is 298 g/mol. The lowest BCUT2D eigenvalue weighted by Gasteiger charge is -2.19. The molecule has 0 aromatic heterocycles. The van der Waals surface area contributed by atoms with Crippen LogP contribution in [0.2, 0.25) is 0 Å². The minimum Gasteiger partial charge on any atom is -0.486 e. The van der Waals surface area contributed by atoms with Crippen LogP contribution in [-0.4, -0.2) is 42.8 Å². The molecule has 3 rings (SSSR count). The molecule has 1 aromatic rings. The van der Waals surface area contributed by atoms with Crippen molar-refractivity contribution in [1.82, 2.24) is 0 Å². The number of hydrogen-bond acceptors (Lipinski definition) is 8. The van der Waals surface area contributed by atoms with Gasteiger partial charge in [-0.05, 0) is 0 Å². The molecule has 1 aromatic carbocycles. The van der Waals surface area contributed by atoms with Gasteiger partial charge in [0.2, 0.25) is 6.10 Å². The van der Waals surface area contributed by atoms with E-state index in [0.29, 0.717) is 0 Å². The summed E-state index contributed by atoms with van der Waals surface area (Å²) in [5.41, 5.74) is -0.769. The van der Waals surface area contributed by atoms with Gasteiger partial charge in [0.05, 0.1) is 17.6 Å². The van der Waals surface area contributed by atoms with E-state index in [1.807, 2.05) is 0 Å². The van der Waals surface area contributed by atoms with E-state index in [4.69, 9.17) is 14.2 Å². The summed E-state index contributed by atoms with van der Waals surface area (Å²) in [6.45, 7) is 0.691. The summed E-state index contributed by atoms with van der Waals surface area (Å²) >= 11 is 0. The third kappa shape index (κ3) is 2.52. The van der Waals surface area contributed by atoms with E-state index in [-0.39, 0.29) is 43.3 Å². The summed E-state index contributed by atoms with van der Waals surface area (Å²) in [5.74, 6) is -1.23. The first-order chi connectivity index (χ1) is 10.6. The quantitative estimate of drug-likeness (QED) is 0.458. The van der Waals surface area contributed by atoms with Gasteiger partial charge in [-0.15, -0.1) is 0 Å². The Balaban J connectivity index is 1.92. The maximum Gasteiger partial charge on any atom is 0.347 e. The Hall–Kier alpha value is -2.84. The van der Waals surface area contributed by atoms with Gasteiger partial charge in [-0.1, -0.05) is 0 Å². The number of nitro groups is 1. The predicted octanol–water partition coefficient (Wildman–Crippen LogP) is 0.838. The average Bonchev–Trinajstić information content (AvgIpc) is 2.91. The predicted molar refractivity (Wildman–Crippen MR) is 68.9 cm³/mol.